The molecular weight excluding hydrogens is 403 g/mol. The van der Waals surface area contributed by atoms with Crippen molar-refractivity contribution in [1.82, 2.24) is 10.1 Å². The molecule has 0 spiro atoms. The molecule has 0 fully saturated rings. The number of fused-ring (bicyclic) bond motifs is 3. The highest BCUT2D eigenvalue weighted by molar-refractivity contribution is 7.98. The van der Waals surface area contributed by atoms with Crippen molar-refractivity contribution < 1.29 is 13.9 Å². The summed E-state index contributed by atoms with van der Waals surface area (Å²) in [7, 11) is 0. The summed E-state index contributed by atoms with van der Waals surface area (Å²) < 4.78 is 16.1. The van der Waals surface area contributed by atoms with Crippen molar-refractivity contribution in [3.63, 3.8) is 0 Å². The number of carbonyl (C=O) groups excluding carboxylic acids is 1. The average Bonchev–Trinajstić information content (AvgIpc) is 2.66. The van der Waals surface area contributed by atoms with E-state index < -0.39 is 17.5 Å². The molecule has 0 unspecified atom stereocenters. The van der Waals surface area contributed by atoms with Gasteiger partial charge in [-0.2, -0.15) is 0 Å². The molecule has 1 aromatic heterocycles. The number of aromatic amines is 1. The molecule has 1 N–H and O–H groups in total. The highest BCUT2D eigenvalue weighted by atomic mass is 35.5. The topological polar surface area (TPSA) is 69.9 Å². The highest BCUT2D eigenvalue weighted by Gasteiger charge is 2.46. The monoisotopic (exact) mass is 417 g/mol. The molecule has 3 aromatic rings. The fourth-order valence-electron chi connectivity index (χ4n) is 3.39. The number of carbonyl (C=O) groups is 1. The fraction of sp³-hybridized carbons (Fsp3) is 0.158. The SMILES string of the molecule is CSc1n[n+]2c(c(=O)[nH]1)-c1cc(Cl)ccc1N(C(C)=O)[C@@H]2c1ccccc1F. The zero-order chi connectivity index (χ0) is 20.0. The summed E-state index contributed by atoms with van der Waals surface area (Å²) in [6.07, 6.45) is 0.815. The second-order valence-corrected chi connectivity index (χ2v) is 7.43. The Bertz CT molecular complexity index is 1170. The van der Waals surface area contributed by atoms with Gasteiger partial charge in [-0.25, -0.2) is 9.29 Å². The number of benzene rings is 2. The molecule has 0 saturated heterocycles. The standard InChI is InChI=1S/C19H14ClFN4O2S/c1-10(26)24-15-8-7-11(20)9-13(15)16-17(27)22-19(28-2)23-25(16)18(24)12-5-3-4-6-14(12)21/h3-9,18H,1-2H3/p+1/t18-/m0/s1. The van der Waals surface area contributed by atoms with E-state index in [-0.39, 0.29) is 17.2 Å². The third kappa shape index (κ3) is 2.89. The van der Waals surface area contributed by atoms with E-state index in [9.17, 15) is 14.0 Å². The van der Waals surface area contributed by atoms with Crippen LogP contribution in [0, 0.1) is 5.82 Å². The number of nitrogens with zero attached hydrogens (tertiary/aromatic N) is 3. The molecule has 0 aliphatic carbocycles. The lowest BCUT2D eigenvalue weighted by atomic mass is 10.0. The molecule has 2 heterocycles. The molecule has 1 atom stereocenters. The van der Waals surface area contributed by atoms with Crippen LogP contribution in [0.4, 0.5) is 10.1 Å². The van der Waals surface area contributed by atoms with Gasteiger partial charge in [0, 0.05) is 17.0 Å². The van der Waals surface area contributed by atoms with E-state index in [0.29, 0.717) is 21.4 Å². The molecular formula is C19H15ClFN4O2S+. The zero-order valence-corrected chi connectivity index (χ0v) is 16.5. The average molecular weight is 418 g/mol. The Labute approximate surface area is 169 Å². The first-order chi connectivity index (χ1) is 13.4. The van der Waals surface area contributed by atoms with Crippen molar-refractivity contribution >= 4 is 35.0 Å². The van der Waals surface area contributed by atoms with Gasteiger partial charge in [0.05, 0.1) is 16.8 Å². The highest BCUT2D eigenvalue weighted by Crippen LogP contribution is 2.39. The first kappa shape index (κ1) is 18.6. The smallest absolute Gasteiger partial charge is 0.291 e. The molecule has 1 aliphatic heterocycles. The molecule has 2 aromatic carbocycles. The van der Waals surface area contributed by atoms with Crippen molar-refractivity contribution in [1.29, 1.82) is 0 Å². The normalized spacial score (nSPS) is 15.1. The van der Waals surface area contributed by atoms with Crippen LogP contribution in [-0.2, 0) is 4.79 Å². The maximum Gasteiger partial charge on any atom is 0.325 e. The van der Waals surface area contributed by atoms with Crippen LogP contribution in [0.5, 0.6) is 0 Å². The lowest BCUT2D eigenvalue weighted by Gasteiger charge is -2.31. The maximum absolute atomic E-state index is 14.7. The molecule has 1 amide bonds. The third-order valence-corrected chi connectivity index (χ3v) is 5.33. The summed E-state index contributed by atoms with van der Waals surface area (Å²) in [5, 5.41) is 5.23. The zero-order valence-electron chi connectivity index (χ0n) is 14.9. The summed E-state index contributed by atoms with van der Waals surface area (Å²) in [4.78, 5) is 29.7. The summed E-state index contributed by atoms with van der Waals surface area (Å²) >= 11 is 7.39. The van der Waals surface area contributed by atoms with Crippen LogP contribution in [0.2, 0.25) is 5.02 Å². The van der Waals surface area contributed by atoms with Gasteiger partial charge >= 0.3 is 11.3 Å². The quantitative estimate of drug-likeness (QED) is 0.513. The number of aromatic nitrogens is 3. The predicted octanol–water partition coefficient (Wildman–Crippen LogP) is 3.15. The predicted molar refractivity (Wildman–Crippen MR) is 105 cm³/mol. The van der Waals surface area contributed by atoms with Gasteiger partial charge in [-0.05, 0) is 41.3 Å². The van der Waals surface area contributed by atoms with Crippen LogP contribution in [-0.4, -0.2) is 22.2 Å². The summed E-state index contributed by atoms with van der Waals surface area (Å²) in [6, 6.07) is 11.0. The Balaban J connectivity index is 2.14. The number of amides is 1. The van der Waals surface area contributed by atoms with Gasteiger partial charge in [0.2, 0.25) is 11.1 Å². The van der Waals surface area contributed by atoms with Crippen LogP contribution in [0.25, 0.3) is 11.3 Å². The van der Waals surface area contributed by atoms with Crippen LogP contribution in [0.15, 0.2) is 52.4 Å². The largest absolute Gasteiger partial charge is 0.325 e. The number of nitrogens with one attached hydrogen (secondary N) is 1. The van der Waals surface area contributed by atoms with Crippen LogP contribution < -0.4 is 15.1 Å². The first-order valence-electron chi connectivity index (χ1n) is 8.36. The molecule has 0 bridgehead atoms. The number of H-pyrrole nitrogens is 1. The van der Waals surface area contributed by atoms with Gasteiger partial charge < -0.3 is 0 Å². The van der Waals surface area contributed by atoms with Gasteiger partial charge in [0.1, 0.15) is 5.82 Å². The summed E-state index contributed by atoms with van der Waals surface area (Å²) in [6.45, 7) is 1.39. The Morgan fingerprint density at radius 2 is 2.07 bits per heavy atom. The second kappa shape index (κ2) is 7.03. The molecule has 1 aliphatic rings. The van der Waals surface area contributed by atoms with Gasteiger partial charge in [-0.1, -0.05) is 35.5 Å². The second-order valence-electron chi connectivity index (χ2n) is 6.20. The first-order valence-corrected chi connectivity index (χ1v) is 9.97. The number of thioether (sulfide) groups is 1. The Hall–Kier alpha value is -2.71. The van der Waals surface area contributed by atoms with E-state index in [1.54, 1.807) is 42.7 Å². The molecule has 6 nitrogen and oxygen atoms in total. The van der Waals surface area contributed by atoms with Gasteiger partial charge in [0.15, 0.2) is 0 Å². The number of halogens is 2. The number of hydrogen-bond acceptors (Lipinski definition) is 4. The Morgan fingerprint density at radius 3 is 2.75 bits per heavy atom. The Morgan fingerprint density at radius 1 is 1.32 bits per heavy atom. The van der Waals surface area contributed by atoms with Crippen LogP contribution >= 0.6 is 23.4 Å². The lowest BCUT2D eigenvalue weighted by Crippen LogP contribution is -2.60. The van der Waals surface area contributed by atoms with E-state index in [0.717, 1.165) is 0 Å². The molecule has 0 radical (unpaired) electrons. The van der Waals surface area contributed by atoms with E-state index in [1.165, 1.54) is 34.3 Å². The molecule has 0 saturated carbocycles. The number of anilines is 1. The third-order valence-electron chi connectivity index (χ3n) is 4.53. The van der Waals surface area contributed by atoms with Crippen LogP contribution in [0.3, 0.4) is 0 Å². The molecule has 4 rings (SSSR count). The van der Waals surface area contributed by atoms with E-state index in [4.69, 9.17) is 11.6 Å². The summed E-state index contributed by atoms with van der Waals surface area (Å²) in [5.74, 6) is -0.815. The van der Waals surface area contributed by atoms with Gasteiger partial charge in [-0.3, -0.25) is 14.6 Å². The minimum absolute atomic E-state index is 0.209. The maximum atomic E-state index is 14.7. The number of hydrogen-bond donors (Lipinski definition) is 1. The van der Waals surface area contributed by atoms with Crippen molar-refractivity contribution in [2.24, 2.45) is 0 Å². The molecule has 9 heteroatoms. The fourth-order valence-corrected chi connectivity index (χ4v) is 3.93. The van der Waals surface area contributed by atoms with Crippen molar-refractivity contribution in [3.05, 3.63) is 69.2 Å². The van der Waals surface area contributed by atoms with Crippen molar-refractivity contribution in [2.45, 2.75) is 18.2 Å². The van der Waals surface area contributed by atoms with Crippen molar-refractivity contribution in [3.8, 4) is 11.3 Å². The van der Waals surface area contributed by atoms with E-state index in [1.807, 2.05) is 0 Å². The van der Waals surface area contributed by atoms with Crippen molar-refractivity contribution in [2.75, 3.05) is 11.2 Å². The summed E-state index contributed by atoms with van der Waals surface area (Å²) in [5.41, 5.74) is 0.967. The minimum Gasteiger partial charge on any atom is -0.291 e. The van der Waals surface area contributed by atoms with E-state index in [2.05, 4.69) is 10.1 Å². The lowest BCUT2D eigenvalue weighted by molar-refractivity contribution is -0.763. The van der Waals surface area contributed by atoms with Gasteiger partial charge in [-0.15, -0.1) is 0 Å². The van der Waals surface area contributed by atoms with E-state index >= 15 is 0 Å². The molecule has 28 heavy (non-hydrogen) atoms. The molecule has 142 valence electrons. The van der Waals surface area contributed by atoms with Crippen LogP contribution in [0.1, 0.15) is 18.7 Å². The van der Waals surface area contributed by atoms with Gasteiger partial charge in [0.25, 0.3) is 6.17 Å². The minimum atomic E-state index is -0.949. The number of rotatable bonds is 2. The Kier molecular flexibility index (Phi) is 4.68.